The Morgan fingerprint density at radius 2 is 1.70 bits per heavy atom. The fraction of sp³-hybridized carbons (Fsp3) is 0.400. The second-order valence-corrected chi connectivity index (χ2v) is 12.7. The number of anilines is 1. The van der Waals surface area contributed by atoms with E-state index in [1.165, 1.54) is 0 Å². The van der Waals surface area contributed by atoms with Crippen LogP contribution in [0.3, 0.4) is 0 Å². The van der Waals surface area contributed by atoms with E-state index in [1.54, 1.807) is 30.7 Å². The Morgan fingerprint density at radius 1 is 0.979 bits per heavy atom. The first kappa shape index (κ1) is 34.2. The molecule has 0 unspecified atom stereocenters. The van der Waals surface area contributed by atoms with Gasteiger partial charge in [-0.2, -0.15) is 5.10 Å². The minimum absolute atomic E-state index is 0. The highest BCUT2D eigenvalue weighted by Gasteiger charge is 2.43. The van der Waals surface area contributed by atoms with E-state index in [1.807, 2.05) is 35.2 Å². The summed E-state index contributed by atoms with van der Waals surface area (Å²) >= 11 is 0. The van der Waals surface area contributed by atoms with Gasteiger partial charge in [0.15, 0.2) is 11.5 Å². The summed E-state index contributed by atoms with van der Waals surface area (Å²) in [5.41, 5.74) is 4.24. The minimum atomic E-state index is -0.355. The van der Waals surface area contributed by atoms with Gasteiger partial charge in [0.2, 0.25) is 5.91 Å². The Kier molecular flexibility index (Phi) is 10.1. The van der Waals surface area contributed by atoms with Crippen LogP contribution in [0, 0.1) is 11.8 Å². The second kappa shape index (κ2) is 13.9. The third-order valence-corrected chi connectivity index (χ3v) is 9.26. The lowest BCUT2D eigenvalue weighted by molar-refractivity contribution is -0.138. The molecule has 1 saturated heterocycles. The normalized spacial score (nSPS) is 21.0. The van der Waals surface area contributed by atoms with Crippen LogP contribution in [0.4, 0.5) is 5.82 Å². The SMILES string of the molecule is COc1ccc(C2=NN(Cc3ccc(C(=O)N4CCN(c5cnccn5)CC4)cc3)C(=O)[C@H]3CC=CC[C@@H]23)c2c1OC(C)(C)C2.Cl.Cl. The molecule has 0 bridgehead atoms. The summed E-state index contributed by atoms with van der Waals surface area (Å²) in [6.07, 6.45) is 11.6. The fourth-order valence-corrected chi connectivity index (χ4v) is 6.94. The number of allylic oxidation sites excluding steroid dienone is 2. The van der Waals surface area contributed by atoms with Crippen LogP contribution in [0.15, 0.2) is 72.2 Å². The van der Waals surface area contributed by atoms with Gasteiger partial charge in [0.1, 0.15) is 11.4 Å². The monoisotopic (exact) mass is 678 g/mol. The standard InChI is InChI=1S/C35H38N6O4.2ClH/c1-35(2)20-28-26(12-13-29(44-3)32(28)45-35)31-25-6-4-5-7-27(25)34(43)41(38-31)22-23-8-10-24(11-9-23)33(42)40-18-16-39(17-19-40)30-21-36-14-15-37-30;;/h4-5,8-15,21,25,27H,6-7,16-20,22H2,1-3H3;2*1H/t25-,27+;;/m1../s1. The maximum atomic E-state index is 13.8. The first-order valence-electron chi connectivity index (χ1n) is 15.6. The number of hydrogen-bond donors (Lipinski definition) is 0. The van der Waals surface area contributed by atoms with Crippen molar-refractivity contribution in [3.63, 3.8) is 0 Å². The van der Waals surface area contributed by atoms with E-state index in [0.29, 0.717) is 50.5 Å². The molecule has 248 valence electrons. The third kappa shape index (κ3) is 6.67. The van der Waals surface area contributed by atoms with Gasteiger partial charge < -0.3 is 19.3 Å². The van der Waals surface area contributed by atoms with Crippen LogP contribution in [0.25, 0.3) is 0 Å². The molecular weight excluding hydrogens is 639 g/mol. The maximum Gasteiger partial charge on any atom is 0.253 e. The lowest BCUT2D eigenvalue weighted by atomic mass is 9.75. The van der Waals surface area contributed by atoms with Crippen molar-refractivity contribution >= 4 is 48.2 Å². The zero-order valence-corrected chi connectivity index (χ0v) is 28.4. The molecule has 2 aromatic carbocycles. The van der Waals surface area contributed by atoms with Crippen LogP contribution in [0.2, 0.25) is 0 Å². The molecule has 3 aromatic rings. The molecule has 2 amide bonds. The van der Waals surface area contributed by atoms with Crippen molar-refractivity contribution in [1.29, 1.82) is 0 Å². The molecule has 4 aliphatic rings. The smallest absolute Gasteiger partial charge is 0.253 e. The van der Waals surface area contributed by atoms with Crippen molar-refractivity contribution in [3.8, 4) is 11.5 Å². The van der Waals surface area contributed by atoms with Crippen molar-refractivity contribution < 1.29 is 19.1 Å². The number of amides is 2. The van der Waals surface area contributed by atoms with Gasteiger partial charge in [-0.1, -0.05) is 24.3 Å². The zero-order valence-electron chi connectivity index (χ0n) is 26.8. The number of hydrogen-bond acceptors (Lipinski definition) is 8. The van der Waals surface area contributed by atoms with Gasteiger partial charge in [0.25, 0.3) is 5.91 Å². The molecule has 2 atom stereocenters. The van der Waals surface area contributed by atoms with Gasteiger partial charge in [0.05, 0.1) is 31.5 Å². The number of aromatic nitrogens is 2. The summed E-state index contributed by atoms with van der Waals surface area (Å²) in [6.45, 7) is 7.14. The van der Waals surface area contributed by atoms with E-state index in [-0.39, 0.29) is 54.1 Å². The molecule has 12 heteroatoms. The summed E-state index contributed by atoms with van der Waals surface area (Å²) < 4.78 is 11.9. The van der Waals surface area contributed by atoms with Crippen LogP contribution < -0.4 is 14.4 Å². The number of ether oxygens (including phenoxy) is 2. The molecule has 10 nitrogen and oxygen atoms in total. The van der Waals surface area contributed by atoms with E-state index >= 15 is 0 Å². The van der Waals surface area contributed by atoms with Gasteiger partial charge in [-0.05, 0) is 56.5 Å². The highest BCUT2D eigenvalue weighted by Crippen LogP contribution is 2.46. The maximum absolute atomic E-state index is 13.8. The summed E-state index contributed by atoms with van der Waals surface area (Å²) in [5.74, 6) is 2.19. The first-order chi connectivity index (χ1) is 21.8. The average Bonchev–Trinajstić information content (AvgIpc) is 3.41. The number of halogens is 2. The van der Waals surface area contributed by atoms with Crippen molar-refractivity contribution in [3.05, 3.63) is 89.4 Å². The van der Waals surface area contributed by atoms with E-state index in [9.17, 15) is 9.59 Å². The average molecular weight is 680 g/mol. The number of fused-ring (bicyclic) bond motifs is 2. The van der Waals surface area contributed by atoms with Crippen LogP contribution in [0.5, 0.6) is 11.5 Å². The van der Waals surface area contributed by atoms with Crippen LogP contribution in [-0.4, -0.2) is 76.3 Å². The second-order valence-electron chi connectivity index (χ2n) is 12.7. The van der Waals surface area contributed by atoms with Crippen molar-refractivity contribution in [1.82, 2.24) is 19.9 Å². The fourth-order valence-electron chi connectivity index (χ4n) is 6.94. The third-order valence-electron chi connectivity index (χ3n) is 9.26. The quantitative estimate of drug-likeness (QED) is 0.325. The highest BCUT2D eigenvalue weighted by molar-refractivity contribution is 6.08. The predicted octanol–water partition coefficient (Wildman–Crippen LogP) is 5.33. The lowest BCUT2D eigenvalue weighted by Crippen LogP contribution is -2.49. The van der Waals surface area contributed by atoms with Crippen LogP contribution in [0.1, 0.15) is 53.7 Å². The lowest BCUT2D eigenvalue weighted by Gasteiger charge is -2.37. The number of piperazine rings is 1. The Morgan fingerprint density at radius 3 is 2.38 bits per heavy atom. The summed E-state index contributed by atoms with van der Waals surface area (Å²) in [4.78, 5) is 39.6. The number of hydrazone groups is 1. The van der Waals surface area contributed by atoms with E-state index in [0.717, 1.165) is 46.8 Å². The molecule has 3 aliphatic heterocycles. The first-order valence-corrected chi connectivity index (χ1v) is 15.6. The molecule has 1 aliphatic carbocycles. The number of methoxy groups -OCH3 is 1. The molecule has 0 saturated carbocycles. The Balaban J connectivity index is 0.00000217. The Labute approximate surface area is 287 Å². The van der Waals surface area contributed by atoms with Crippen LogP contribution in [-0.2, 0) is 17.8 Å². The van der Waals surface area contributed by atoms with Gasteiger partial charge in [-0.3, -0.25) is 14.6 Å². The molecule has 4 heterocycles. The van der Waals surface area contributed by atoms with Crippen molar-refractivity contribution in [2.45, 2.75) is 45.3 Å². The molecule has 1 aromatic heterocycles. The molecular formula is C35H40Cl2N6O4. The number of carbonyl (C=O) groups is 2. The van der Waals surface area contributed by atoms with Gasteiger partial charge in [-0.25, -0.2) is 9.99 Å². The van der Waals surface area contributed by atoms with Gasteiger partial charge >= 0.3 is 0 Å². The van der Waals surface area contributed by atoms with Crippen LogP contribution >= 0.6 is 24.8 Å². The number of benzene rings is 2. The van der Waals surface area contributed by atoms with E-state index in [4.69, 9.17) is 14.6 Å². The summed E-state index contributed by atoms with van der Waals surface area (Å²) in [5, 5.41) is 6.66. The summed E-state index contributed by atoms with van der Waals surface area (Å²) in [7, 11) is 1.66. The molecule has 47 heavy (non-hydrogen) atoms. The van der Waals surface area contributed by atoms with Crippen molar-refractivity contribution in [2.75, 3.05) is 38.2 Å². The molecule has 0 radical (unpaired) electrons. The summed E-state index contributed by atoms with van der Waals surface area (Å²) in [6, 6.07) is 11.6. The van der Waals surface area contributed by atoms with Crippen molar-refractivity contribution in [2.24, 2.45) is 16.9 Å². The Hall–Kier alpha value is -4.15. The number of carbonyl (C=O) groups excluding carboxylic acids is 2. The van der Waals surface area contributed by atoms with Gasteiger partial charge in [0, 0.05) is 67.6 Å². The van der Waals surface area contributed by atoms with Gasteiger partial charge in [-0.15, -0.1) is 24.8 Å². The number of rotatable bonds is 6. The largest absolute Gasteiger partial charge is 0.493 e. The molecule has 0 N–H and O–H groups in total. The molecule has 7 rings (SSSR count). The van der Waals surface area contributed by atoms with E-state index in [2.05, 4.69) is 46.9 Å². The molecule has 0 spiro atoms. The topological polar surface area (TPSA) is 100 Å². The number of nitrogens with zero attached hydrogens (tertiary/aromatic N) is 6. The Bertz CT molecular complexity index is 1670. The molecule has 1 fully saturated rings. The zero-order chi connectivity index (χ0) is 31.1. The predicted molar refractivity (Wildman–Crippen MR) is 185 cm³/mol. The van der Waals surface area contributed by atoms with E-state index < -0.39 is 0 Å². The minimum Gasteiger partial charge on any atom is -0.493 e. The highest BCUT2D eigenvalue weighted by atomic mass is 35.5.